The number of hydrogen-bond donors (Lipinski definition) is 2. The maximum Gasteiger partial charge on any atom is 0.241 e. The van der Waals surface area contributed by atoms with Gasteiger partial charge in [-0.3, -0.25) is 0 Å². The molecule has 0 saturated carbocycles. The predicted octanol–water partition coefficient (Wildman–Crippen LogP) is 2.56. The van der Waals surface area contributed by atoms with Gasteiger partial charge in [0.05, 0.1) is 22.6 Å². The van der Waals surface area contributed by atoms with Crippen LogP contribution in [0.15, 0.2) is 33.7 Å². The molecule has 0 bridgehead atoms. The van der Waals surface area contributed by atoms with Gasteiger partial charge in [-0.2, -0.15) is 0 Å². The monoisotopic (exact) mass is 382 g/mol. The van der Waals surface area contributed by atoms with Crippen molar-refractivity contribution in [1.29, 1.82) is 0 Å². The second-order valence-corrected chi connectivity index (χ2v) is 7.18. The lowest BCUT2D eigenvalue weighted by molar-refractivity contribution is 0.162. The van der Waals surface area contributed by atoms with Crippen molar-refractivity contribution < 1.29 is 13.2 Å². The molecule has 0 fully saturated rings. The summed E-state index contributed by atoms with van der Waals surface area (Å²) in [4.78, 5) is 0.00222. The number of ether oxygens (including phenoxy) is 1. The first-order chi connectivity index (χ1) is 9.24. The largest absolute Gasteiger partial charge is 0.398 e. The highest BCUT2D eigenvalue weighted by Gasteiger charge is 2.19. The number of nitrogens with one attached hydrogen (secondary N) is 1. The summed E-state index contributed by atoms with van der Waals surface area (Å²) in [6.45, 7) is 6.31. The lowest BCUT2D eigenvalue weighted by Gasteiger charge is -2.11. The summed E-state index contributed by atoms with van der Waals surface area (Å²) in [5, 5.41) is 0.254. The van der Waals surface area contributed by atoms with Gasteiger partial charge >= 0.3 is 0 Å². The van der Waals surface area contributed by atoms with E-state index in [9.17, 15) is 8.42 Å². The predicted molar refractivity (Wildman–Crippen MR) is 84.4 cm³/mol. The van der Waals surface area contributed by atoms with Crippen molar-refractivity contribution in [2.75, 3.05) is 25.5 Å². The van der Waals surface area contributed by atoms with Crippen LogP contribution in [-0.4, -0.2) is 28.2 Å². The smallest absolute Gasteiger partial charge is 0.241 e. The van der Waals surface area contributed by atoms with Gasteiger partial charge in [-0.1, -0.05) is 23.8 Å². The van der Waals surface area contributed by atoms with E-state index in [0.29, 0.717) is 6.61 Å². The van der Waals surface area contributed by atoms with Crippen LogP contribution in [0.2, 0.25) is 5.02 Å². The Kier molecular flexibility index (Phi) is 6.47. The van der Waals surface area contributed by atoms with Crippen molar-refractivity contribution in [2.24, 2.45) is 0 Å². The molecule has 5 nitrogen and oxygen atoms in total. The molecule has 0 aliphatic heterocycles. The number of halogens is 2. The lowest BCUT2D eigenvalue weighted by atomic mass is 10.3. The van der Waals surface area contributed by atoms with E-state index in [-0.39, 0.29) is 33.2 Å². The Morgan fingerprint density at radius 3 is 2.80 bits per heavy atom. The van der Waals surface area contributed by atoms with Crippen LogP contribution >= 0.6 is 27.5 Å². The van der Waals surface area contributed by atoms with Crippen molar-refractivity contribution in [3.8, 4) is 0 Å². The van der Waals surface area contributed by atoms with Crippen molar-refractivity contribution in [3.05, 3.63) is 33.8 Å². The van der Waals surface area contributed by atoms with Gasteiger partial charge in [0.1, 0.15) is 0 Å². The van der Waals surface area contributed by atoms with E-state index in [1.807, 2.05) is 6.92 Å². The van der Waals surface area contributed by atoms with E-state index in [0.717, 1.165) is 5.57 Å². The Morgan fingerprint density at radius 2 is 2.20 bits per heavy atom. The number of benzene rings is 1. The van der Waals surface area contributed by atoms with Crippen molar-refractivity contribution >= 4 is 43.2 Å². The van der Waals surface area contributed by atoms with Gasteiger partial charge in [-0.15, -0.1) is 0 Å². The topological polar surface area (TPSA) is 81.4 Å². The molecule has 0 heterocycles. The molecule has 0 radical (unpaired) electrons. The molecule has 0 amide bonds. The van der Waals surface area contributed by atoms with Crippen LogP contribution < -0.4 is 10.5 Å². The number of anilines is 1. The molecule has 0 unspecified atom stereocenters. The zero-order chi connectivity index (χ0) is 15.3. The molecule has 3 N–H and O–H groups in total. The molecule has 20 heavy (non-hydrogen) atoms. The van der Waals surface area contributed by atoms with Crippen LogP contribution in [0.3, 0.4) is 0 Å². The minimum atomic E-state index is -3.70. The molecule has 0 spiro atoms. The highest BCUT2D eigenvalue weighted by molar-refractivity contribution is 9.10. The number of hydrogen-bond acceptors (Lipinski definition) is 4. The molecule has 0 aromatic heterocycles. The third-order valence-electron chi connectivity index (χ3n) is 2.21. The first kappa shape index (κ1) is 17.5. The van der Waals surface area contributed by atoms with Gasteiger partial charge in [0.25, 0.3) is 0 Å². The van der Waals surface area contributed by atoms with E-state index >= 15 is 0 Å². The molecule has 0 atom stereocenters. The van der Waals surface area contributed by atoms with Gasteiger partial charge in [-0.25, -0.2) is 13.1 Å². The van der Waals surface area contributed by atoms with Crippen LogP contribution in [0, 0.1) is 0 Å². The maximum atomic E-state index is 12.1. The molecule has 1 rings (SSSR count). The molecule has 112 valence electrons. The summed E-state index contributed by atoms with van der Waals surface area (Å²) in [6.07, 6.45) is 0. The Morgan fingerprint density at radius 1 is 1.55 bits per heavy atom. The highest BCUT2D eigenvalue weighted by Crippen LogP contribution is 2.31. The SMILES string of the molecule is C=C(C)COCCNS(=O)(=O)c1cc(Cl)cc(N)c1Br. The molecule has 1 aromatic carbocycles. The standard InChI is InChI=1S/C12H16BrClN2O3S/c1-8(2)7-19-4-3-16-20(17,18)11-6-9(14)5-10(15)12(11)13/h5-6,16H,1,3-4,7,15H2,2H3. The van der Waals surface area contributed by atoms with Gasteiger partial charge in [0, 0.05) is 17.3 Å². The van der Waals surface area contributed by atoms with E-state index in [4.69, 9.17) is 22.1 Å². The van der Waals surface area contributed by atoms with Crippen LogP contribution in [-0.2, 0) is 14.8 Å². The van der Waals surface area contributed by atoms with Crippen molar-refractivity contribution in [1.82, 2.24) is 4.72 Å². The summed E-state index contributed by atoms with van der Waals surface area (Å²) >= 11 is 8.97. The fourth-order valence-electron chi connectivity index (χ4n) is 1.35. The summed E-state index contributed by atoms with van der Waals surface area (Å²) in [7, 11) is -3.70. The number of rotatable bonds is 7. The van der Waals surface area contributed by atoms with E-state index in [1.165, 1.54) is 12.1 Å². The average molecular weight is 384 g/mol. The number of nitrogen functional groups attached to an aromatic ring is 1. The molecule has 8 heteroatoms. The summed E-state index contributed by atoms with van der Waals surface area (Å²) < 4.78 is 32.2. The first-order valence-electron chi connectivity index (χ1n) is 5.70. The zero-order valence-corrected chi connectivity index (χ0v) is 14.1. The normalized spacial score (nSPS) is 11.6. The molecule has 0 aliphatic rings. The first-order valence-corrected chi connectivity index (χ1v) is 8.36. The second-order valence-electron chi connectivity index (χ2n) is 4.21. The van der Waals surface area contributed by atoms with Gasteiger partial charge in [0.2, 0.25) is 10.0 Å². The molecule has 0 aliphatic carbocycles. The average Bonchev–Trinajstić information content (AvgIpc) is 2.32. The van der Waals surface area contributed by atoms with Gasteiger partial charge in [0.15, 0.2) is 0 Å². The third-order valence-corrected chi connectivity index (χ3v) is 5.06. The second kappa shape index (κ2) is 7.42. The Bertz CT molecular complexity index is 605. The minimum absolute atomic E-state index is 0.00222. The van der Waals surface area contributed by atoms with Crippen LogP contribution in [0.25, 0.3) is 0 Å². The zero-order valence-electron chi connectivity index (χ0n) is 10.9. The van der Waals surface area contributed by atoms with Gasteiger partial charge in [-0.05, 0) is 35.0 Å². The molecular weight excluding hydrogens is 368 g/mol. The molecule has 1 aromatic rings. The van der Waals surface area contributed by atoms with E-state index < -0.39 is 10.0 Å². The van der Waals surface area contributed by atoms with Crippen molar-refractivity contribution in [2.45, 2.75) is 11.8 Å². The fraction of sp³-hybridized carbons (Fsp3) is 0.333. The summed E-state index contributed by atoms with van der Waals surface area (Å²) in [5.74, 6) is 0. The molecular formula is C12H16BrClN2O3S. The Balaban J connectivity index is 2.72. The van der Waals surface area contributed by atoms with Gasteiger partial charge < -0.3 is 10.5 Å². The van der Waals surface area contributed by atoms with Crippen LogP contribution in [0.1, 0.15) is 6.92 Å². The maximum absolute atomic E-state index is 12.1. The quantitative estimate of drug-likeness (QED) is 0.431. The third kappa shape index (κ3) is 5.06. The summed E-state index contributed by atoms with van der Waals surface area (Å²) in [5.41, 5.74) is 6.80. The van der Waals surface area contributed by atoms with Crippen LogP contribution in [0.5, 0.6) is 0 Å². The van der Waals surface area contributed by atoms with Crippen molar-refractivity contribution in [3.63, 3.8) is 0 Å². The highest BCUT2D eigenvalue weighted by atomic mass is 79.9. The fourth-order valence-corrected chi connectivity index (χ4v) is 3.66. The number of sulfonamides is 1. The Hall–Kier alpha value is -0.600. The lowest BCUT2D eigenvalue weighted by Crippen LogP contribution is -2.28. The minimum Gasteiger partial charge on any atom is -0.398 e. The Labute approximate surface area is 132 Å². The molecule has 0 saturated heterocycles. The van der Waals surface area contributed by atoms with E-state index in [1.54, 1.807) is 0 Å². The number of nitrogens with two attached hydrogens (primary N) is 1. The van der Waals surface area contributed by atoms with Crippen LogP contribution in [0.4, 0.5) is 5.69 Å². The summed E-state index contributed by atoms with van der Waals surface area (Å²) in [6, 6.07) is 2.81. The van der Waals surface area contributed by atoms with E-state index in [2.05, 4.69) is 27.2 Å².